The second-order valence-electron chi connectivity index (χ2n) is 4.28. The number of hydrogen-bond donors (Lipinski definition) is 1. The minimum absolute atomic E-state index is 0.0523. The van der Waals surface area contributed by atoms with Crippen molar-refractivity contribution in [1.29, 1.82) is 0 Å². The Morgan fingerprint density at radius 1 is 1.35 bits per heavy atom. The van der Waals surface area contributed by atoms with Gasteiger partial charge in [0.1, 0.15) is 0 Å². The third kappa shape index (κ3) is 3.95. The van der Waals surface area contributed by atoms with E-state index in [9.17, 15) is 18.0 Å². The van der Waals surface area contributed by atoms with Crippen LogP contribution in [-0.4, -0.2) is 18.6 Å². The summed E-state index contributed by atoms with van der Waals surface area (Å²) in [6, 6.07) is 0. The minimum Gasteiger partial charge on any atom is -0.355 e. The zero-order valence-corrected chi connectivity index (χ0v) is 9.52. The molecule has 0 spiro atoms. The average Bonchev–Trinajstić information content (AvgIpc) is 2.28. The first-order valence-electron chi connectivity index (χ1n) is 5.74. The molecule has 5 heteroatoms. The normalized spacial score (nSPS) is 25.1. The van der Waals surface area contributed by atoms with Crippen LogP contribution in [0.1, 0.15) is 32.1 Å². The van der Waals surface area contributed by atoms with E-state index in [1.165, 1.54) is 0 Å². The van der Waals surface area contributed by atoms with E-state index in [4.69, 9.17) is 6.42 Å². The number of alkyl halides is 3. The van der Waals surface area contributed by atoms with E-state index in [0.717, 1.165) is 0 Å². The summed E-state index contributed by atoms with van der Waals surface area (Å²) in [6.07, 6.45) is 2.65. The molecule has 0 heterocycles. The van der Waals surface area contributed by atoms with Gasteiger partial charge in [-0.15, -0.1) is 12.3 Å². The topological polar surface area (TPSA) is 29.1 Å². The Hall–Kier alpha value is -1.18. The highest BCUT2D eigenvalue weighted by Gasteiger charge is 2.47. The van der Waals surface area contributed by atoms with Crippen molar-refractivity contribution < 1.29 is 18.0 Å². The van der Waals surface area contributed by atoms with Gasteiger partial charge in [-0.2, -0.15) is 13.2 Å². The molecular formula is C12H16F3NO. The van der Waals surface area contributed by atoms with Crippen molar-refractivity contribution in [2.24, 2.45) is 11.8 Å². The zero-order valence-electron chi connectivity index (χ0n) is 9.52. The maximum absolute atomic E-state index is 12.7. The summed E-state index contributed by atoms with van der Waals surface area (Å²) < 4.78 is 38.2. The quantitative estimate of drug-likeness (QED) is 0.602. The van der Waals surface area contributed by atoms with Gasteiger partial charge in [-0.1, -0.05) is 12.8 Å². The lowest BCUT2D eigenvalue weighted by atomic mass is 9.78. The summed E-state index contributed by atoms with van der Waals surface area (Å²) >= 11 is 0. The molecule has 0 bridgehead atoms. The number of carbonyl (C=O) groups is 1. The fourth-order valence-corrected chi connectivity index (χ4v) is 2.23. The SMILES string of the molecule is C#CCCNC(=O)C1CCCCC1C(F)(F)F. The van der Waals surface area contributed by atoms with Gasteiger partial charge in [0.25, 0.3) is 0 Å². The number of nitrogens with one attached hydrogen (secondary N) is 1. The van der Waals surface area contributed by atoms with Gasteiger partial charge in [-0.3, -0.25) is 4.79 Å². The Morgan fingerprint density at radius 2 is 2.00 bits per heavy atom. The lowest BCUT2D eigenvalue weighted by Gasteiger charge is -2.31. The van der Waals surface area contributed by atoms with E-state index in [2.05, 4.69) is 11.2 Å². The van der Waals surface area contributed by atoms with E-state index < -0.39 is 23.9 Å². The number of carbonyl (C=O) groups excluding carboxylic acids is 1. The van der Waals surface area contributed by atoms with Crippen molar-refractivity contribution in [3.63, 3.8) is 0 Å². The van der Waals surface area contributed by atoms with Gasteiger partial charge in [0.05, 0.1) is 5.92 Å². The second-order valence-corrected chi connectivity index (χ2v) is 4.28. The summed E-state index contributed by atoms with van der Waals surface area (Å²) in [6.45, 7) is 0.246. The van der Waals surface area contributed by atoms with Crippen LogP contribution in [0.2, 0.25) is 0 Å². The highest BCUT2D eigenvalue weighted by molar-refractivity contribution is 5.79. The lowest BCUT2D eigenvalue weighted by Crippen LogP contribution is -2.42. The van der Waals surface area contributed by atoms with Gasteiger partial charge in [0.2, 0.25) is 5.91 Å². The average molecular weight is 247 g/mol. The standard InChI is InChI=1S/C12H16F3NO/c1-2-3-8-16-11(17)9-6-4-5-7-10(9)12(13,14)15/h1,9-10H,3-8H2,(H,16,17). The molecule has 96 valence electrons. The molecule has 17 heavy (non-hydrogen) atoms. The highest BCUT2D eigenvalue weighted by Crippen LogP contribution is 2.41. The number of halogens is 3. The van der Waals surface area contributed by atoms with Crippen LogP contribution in [-0.2, 0) is 4.79 Å². The first-order chi connectivity index (χ1) is 7.96. The number of rotatable bonds is 3. The summed E-state index contributed by atoms with van der Waals surface area (Å²) in [7, 11) is 0. The summed E-state index contributed by atoms with van der Waals surface area (Å²) in [5.74, 6) is -0.622. The molecule has 2 unspecified atom stereocenters. The van der Waals surface area contributed by atoms with Crippen molar-refractivity contribution in [2.45, 2.75) is 38.3 Å². The molecule has 2 atom stereocenters. The van der Waals surface area contributed by atoms with Gasteiger partial charge >= 0.3 is 6.18 Å². The lowest BCUT2D eigenvalue weighted by molar-refractivity contribution is -0.198. The van der Waals surface area contributed by atoms with Gasteiger partial charge in [0, 0.05) is 18.9 Å². The van der Waals surface area contributed by atoms with Crippen molar-refractivity contribution in [3.05, 3.63) is 0 Å². The predicted octanol–water partition coefficient (Wildman–Crippen LogP) is 2.49. The minimum atomic E-state index is -4.28. The smallest absolute Gasteiger partial charge is 0.355 e. The van der Waals surface area contributed by atoms with Crippen LogP contribution in [0, 0.1) is 24.2 Å². The van der Waals surface area contributed by atoms with Gasteiger partial charge < -0.3 is 5.32 Å². The first-order valence-corrected chi connectivity index (χ1v) is 5.74. The molecule has 1 aliphatic carbocycles. The van der Waals surface area contributed by atoms with Crippen molar-refractivity contribution in [1.82, 2.24) is 5.32 Å². The van der Waals surface area contributed by atoms with E-state index in [0.29, 0.717) is 25.7 Å². The number of terminal acetylenes is 1. The molecule has 1 aliphatic rings. The third-order valence-corrected chi connectivity index (χ3v) is 3.09. The van der Waals surface area contributed by atoms with Crippen molar-refractivity contribution in [2.75, 3.05) is 6.54 Å². The van der Waals surface area contributed by atoms with Crippen LogP contribution in [0.3, 0.4) is 0 Å². The molecule has 0 saturated heterocycles. The molecule has 1 saturated carbocycles. The number of amides is 1. The van der Waals surface area contributed by atoms with Crippen LogP contribution in [0.5, 0.6) is 0 Å². The fourth-order valence-electron chi connectivity index (χ4n) is 2.23. The summed E-state index contributed by atoms with van der Waals surface area (Å²) in [4.78, 5) is 11.7. The van der Waals surface area contributed by atoms with Gasteiger partial charge in [-0.25, -0.2) is 0 Å². The Bertz CT molecular complexity index is 306. The third-order valence-electron chi connectivity index (χ3n) is 3.09. The molecule has 0 aliphatic heterocycles. The zero-order chi connectivity index (χ0) is 12.9. The van der Waals surface area contributed by atoms with Crippen molar-refractivity contribution >= 4 is 5.91 Å². The molecule has 0 aromatic carbocycles. The highest BCUT2D eigenvalue weighted by atomic mass is 19.4. The molecule has 0 aromatic rings. The Labute approximate surface area is 99.0 Å². The van der Waals surface area contributed by atoms with Crippen LogP contribution in [0.15, 0.2) is 0 Å². The van der Waals surface area contributed by atoms with E-state index in [1.54, 1.807) is 0 Å². The second kappa shape index (κ2) is 5.95. The first kappa shape index (κ1) is 13.9. The molecule has 1 rings (SSSR count). The van der Waals surface area contributed by atoms with Crippen LogP contribution < -0.4 is 5.32 Å². The van der Waals surface area contributed by atoms with Gasteiger partial charge in [0.15, 0.2) is 0 Å². The number of hydrogen-bond acceptors (Lipinski definition) is 1. The van der Waals surface area contributed by atoms with Crippen molar-refractivity contribution in [3.8, 4) is 12.3 Å². The van der Waals surface area contributed by atoms with Crippen LogP contribution in [0.4, 0.5) is 13.2 Å². The Kier molecular flexibility index (Phi) is 4.86. The van der Waals surface area contributed by atoms with E-state index in [-0.39, 0.29) is 13.0 Å². The molecule has 2 nitrogen and oxygen atoms in total. The molecule has 0 radical (unpaired) electrons. The Morgan fingerprint density at radius 3 is 2.59 bits per heavy atom. The fraction of sp³-hybridized carbons (Fsp3) is 0.750. The summed E-state index contributed by atoms with van der Waals surface area (Å²) in [5.41, 5.74) is 0. The predicted molar refractivity (Wildman–Crippen MR) is 58.0 cm³/mol. The maximum atomic E-state index is 12.7. The van der Waals surface area contributed by atoms with Gasteiger partial charge in [-0.05, 0) is 12.8 Å². The van der Waals surface area contributed by atoms with E-state index in [1.807, 2.05) is 0 Å². The maximum Gasteiger partial charge on any atom is 0.392 e. The molecule has 1 N–H and O–H groups in total. The van der Waals surface area contributed by atoms with Crippen LogP contribution >= 0.6 is 0 Å². The molecule has 1 amide bonds. The van der Waals surface area contributed by atoms with E-state index >= 15 is 0 Å². The largest absolute Gasteiger partial charge is 0.392 e. The Balaban J connectivity index is 2.59. The molecule has 1 fully saturated rings. The molecular weight excluding hydrogens is 231 g/mol. The van der Waals surface area contributed by atoms with Crippen LogP contribution in [0.25, 0.3) is 0 Å². The monoisotopic (exact) mass is 247 g/mol. The summed E-state index contributed by atoms with van der Waals surface area (Å²) in [5, 5.41) is 2.47. The molecule has 0 aromatic heterocycles.